The monoisotopic (exact) mass is 356 g/mol. The smallest absolute Gasteiger partial charge is 0.310 e. The van der Waals surface area contributed by atoms with Gasteiger partial charge in [-0.15, -0.1) is 0 Å². The van der Waals surface area contributed by atoms with Gasteiger partial charge >= 0.3 is 11.9 Å². The molecule has 2 heterocycles. The molecule has 0 aromatic heterocycles. The maximum absolute atomic E-state index is 13.0. The summed E-state index contributed by atoms with van der Waals surface area (Å²) in [7, 11) is 0. The lowest BCUT2D eigenvalue weighted by atomic mass is 9.47. The largest absolute Gasteiger partial charge is 0.458 e. The number of hydrogen-bond acceptors (Lipinski definition) is 4. The predicted octanol–water partition coefficient (Wildman–Crippen LogP) is 3.79. The van der Waals surface area contributed by atoms with Gasteiger partial charge in [-0.05, 0) is 63.2 Å². The van der Waals surface area contributed by atoms with Gasteiger partial charge in [-0.25, -0.2) is 0 Å². The van der Waals surface area contributed by atoms with E-state index in [9.17, 15) is 9.59 Å². The normalized spacial score (nSPS) is 46.9. The third-order valence-corrected chi connectivity index (χ3v) is 8.75. The highest BCUT2D eigenvalue weighted by atomic mass is 16.6. The highest BCUT2D eigenvalue weighted by Gasteiger charge is 2.73. The summed E-state index contributed by atoms with van der Waals surface area (Å²) >= 11 is 0. The van der Waals surface area contributed by atoms with E-state index in [4.69, 9.17) is 9.47 Å². The Labute approximate surface area is 154 Å². The van der Waals surface area contributed by atoms with Gasteiger partial charge in [-0.3, -0.25) is 9.59 Å². The Bertz CT molecular complexity index is 624. The predicted molar refractivity (Wildman–Crippen MR) is 93.9 cm³/mol. The number of ether oxygens (including phenoxy) is 2. The first kappa shape index (κ1) is 15.7. The van der Waals surface area contributed by atoms with E-state index in [2.05, 4.69) is 12.2 Å². The van der Waals surface area contributed by atoms with E-state index >= 15 is 0 Å². The number of carbonyl (C=O) groups is 2. The minimum atomic E-state index is -0.304. The van der Waals surface area contributed by atoms with Gasteiger partial charge in [0, 0.05) is 11.8 Å². The van der Waals surface area contributed by atoms with Crippen molar-refractivity contribution >= 4 is 11.9 Å². The fourth-order valence-electron chi connectivity index (χ4n) is 7.95. The molecule has 2 bridgehead atoms. The first-order valence-corrected chi connectivity index (χ1v) is 10.8. The number of carbonyl (C=O) groups excluding carboxylic acids is 2. The van der Waals surface area contributed by atoms with Crippen LogP contribution in [0.4, 0.5) is 0 Å². The Hall–Kier alpha value is -1.32. The van der Waals surface area contributed by atoms with Crippen molar-refractivity contribution in [3.05, 3.63) is 12.2 Å². The molecule has 0 aromatic rings. The summed E-state index contributed by atoms with van der Waals surface area (Å²) in [5, 5.41) is 0. The number of esters is 2. The van der Waals surface area contributed by atoms with Crippen molar-refractivity contribution in [3.63, 3.8) is 0 Å². The van der Waals surface area contributed by atoms with Gasteiger partial charge < -0.3 is 9.47 Å². The molecular weight excluding hydrogens is 328 g/mol. The molecule has 26 heavy (non-hydrogen) atoms. The lowest BCUT2D eigenvalue weighted by molar-refractivity contribution is -0.156. The van der Waals surface area contributed by atoms with Crippen molar-refractivity contribution < 1.29 is 19.1 Å². The molecule has 5 aliphatic carbocycles. The van der Waals surface area contributed by atoms with Gasteiger partial charge in [0.25, 0.3) is 0 Å². The molecule has 4 heteroatoms. The molecule has 140 valence electrons. The molecule has 0 radical (unpaired) electrons. The van der Waals surface area contributed by atoms with Crippen molar-refractivity contribution in [2.75, 3.05) is 0 Å². The molecule has 0 unspecified atom stereocenters. The van der Waals surface area contributed by atoms with Crippen LogP contribution < -0.4 is 0 Å². The van der Waals surface area contributed by atoms with E-state index in [1.165, 1.54) is 12.8 Å². The molecule has 2 spiro atoms. The van der Waals surface area contributed by atoms with Crippen molar-refractivity contribution in [1.29, 1.82) is 0 Å². The summed E-state index contributed by atoms with van der Waals surface area (Å²) in [6.07, 6.45) is 15.5. The molecule has 3 saturated carbocycles. The summed E-state index contributed by atoms with van der Waals surface area (Å²) < 4.78 is 12.3. The second kappa shape index (κ2) is 5.14. The topological polar surface area (TPSA) is 52.6 Å². The van der Waals surface area contributed by atoms with Gasteiger partial charge in [0.05, 0.1) is 11.8 Å². The Balaban J connectivity index is 1.44. The Morgan fingerprint density at radius 2 is 1.04 bits per heavy atom. The number of hydrogen-bond donors (Lipinski definition) is 0. The van der Waals surface area contributed by atoms with Gasteiger partial charge in [0.2, 0.25) is 0 Å². The van der Waals surface area contributed by atoms with Gasteiger partial charge in [0.15, 0.2) is 0 Å². The van der Waals surface area contributed by atoms with Crippen molar-refractivity contribution in [1.82, 2.24) is 0 Å². The van der Waals surface area contributed by atoms with E-state index in [0.29, 0.717) is 0 Å². The van der Waals surface area contributed by atoms with Crippen LogP contribution in [0.1, 0.15) is 64.2 Å². The lowest BCUT2D eigenvalue weighted by Gasteiger charge is -2.53. The van der Waals surface area contributed by atoms with Gasteiger partial charge in [-0.1, -0.05) is 25.0 Å². The van der Waals surface area contributed by atoms with Crippen LogP contribution >= 0.6 is 0 Å². The minimum absolute atomic E-state index is 0.0139. The van der Waals surface area contributed by atoms with E-state index < -0.39 is 0 Å². The van der Waals surface area contributed by atoms with Crippen molar-refractivity contribution in [2.45, 2.75) is 75.4 Å². The van der Waals surface area contributed by atoms with Crippen LogP contribution in [-0.2, 0) is 19.1 Å². The second-order valence-corrected chi connectivity index (χ2v) is 9.74. The molecule has 6 atom stereocenters. The highest BCUT2D eigenvalue weighted by molar-refractivity contribution is 5.82. The fraction of sp³-hybridized carbons (Fsp3) is 0.818. The Morgan fingerprint density at radius 3 is 1.42 bits per heavy atom. The summed E-state index contributed by atoms with van der Waals surface area (Å²) in [6, 6.07) is 0. The van der Waals surface area contributed by atoms with E-state index in [1.54, 1.807) is 0 Å². The molecule has 7 rings (SSSR count). The average Bonchev–Trinajstić information content (AvgIpc) is 3.12. The lowest BCUT2D eigenvalue weighted by Crippen LogP contribution is -2.57. The van der Waals surface area contributed by atoms with Crippen molar-refractivity contribution in [2.24, 2.45) is 35.5 Å². The Morgan fingerprint density at radius 1 is 0.654 bits per heavy atom. The van der Waals surface area contributed by atoms with Crippen LogP contribution in [0.15, 0.2) is 12.2 Å². The van der Waals surface area contributed by atoms with Crippen molar-refractivity contribution in [3.8, 4) is 0 Å². The summed E-state index contributed by atoms with van der Waals surface area (Å²) in [5.41, 5.74) is -0.609. The molecule has 0 amide bonds. The first-order valence-electron chi connectivity index (χ1n) is 10.8. The highest BCUT2D eigenvalue weighted by Crippen LogP contribution is 2.67. The molecule has 5 fully saturated rings. The maximum atomic E-state index is 13.0. The molecule has 0 aromatic carbocycles. The van der Waals surface area contributed by atoms with E-state index in [-0.39, 0.29) is 58.6 Å². The summed E-state index contributed by atoms with van der Waals surface area (Å²) in [5.74, 6) is 0.590. The SMILES string of the molecule is O=C1OC2(CCCCC2)[C@@H]2[C@H]3C=C[C@@H]([C@H]12)[C@@H]1[C@H]3C(=O)OC12CCCCC2. The zero-order chi connectivity index (χ0) is 17.5. The third-order valence-electron chi connectivity index (χ3n) is 8.75. The molecule has 0 N–H and O–H groups in total. The molecular formula is C22H28O4. The zero-order valence-corrected chi connectivity index (χ0v) is 15.3. The quantitative estimate of drug-likeness (QED) is 0.489. The third kappa shape index (κ3) is 1.77. The zero-order valence-electron chi connectivity index (χ0n) is 15.3. The number of allylic oxidation sites excluding steroid dienone is 2. The summed E-state index contributed by atoms with van der Waals surface area (Å²) in [4.78, 5) is 26.1. The average molecular weight is 356 g/mol. The maximum Gasteiger partial charge on any atom is 0.310 e. The summed E-state index contributed by atoms with van der Waals surface area (Å²) in [6.45, 7) is 0. The molecule has 4 nitrogen and oxygen atoms in total. The van der Waals surface area contributed by atoms with E-state index in [0.717, 1.165) is 51.4 Å². The van der Waals surface area contributed by atoms with Crippen LogP contribution in [0.25, 0.3) is 0 Å². The van der Waals surface area contributed by atoms with Crippen LogP contribution in [0.2, 0.25) is 0 Å². The van der Waals surface area contributed by atoms with Crippen LogP contribution in [0.5, 0.6) is 0 Å². The van der Waals surface area contributed by atoms with Crippen LogP contribution in [-0.4, -0.2) is 23.1 Å². The van der Waals surface area contributed by atoms with Crippen LogP contribution in [0, 0.1) is 35.5 Å². The van der Waals surface area contributed by atoms with Crippen LogP contribution in [0.3, 0.4) is 0 Å². The number of rotatable bonds is 0. The van der Waals surface area contributed by atoms with E-state index in [1.807, 2.05) is 0 Å². The molecule has 2 aliphatic heterocycles. The first-order chi connectivity index (χ1) is 12.7. The minimum Gasteiger partial charge on any atom is -0.458 e. The fourth-order valence-corrected chi connectivity index (χ4v) is 7.95. The Kier molecular flexibility index (Phi) is 3.11. The molecule has 7 aliphatic rings. The van der Waals surface area contributed by atoms with Gasteiger partial charge in [0.1, 0.15) is 11.2 Å². The second-order valence-electron chi connectivity index (χ2n) is 9.74. The standard InChI is InChI=1S/C22H28O4/c23-19-15-14-8-7-13(17(15)21(25-19)9-3-1-4-10-21)16-18(14)22(26-20(16)24)11-5-2-6-12-22/h7-8,13-18H,1-6,9-12H2/t13-,14-,15-,16-,17+,18+/m0/s1. The molecule has 2 saturated heterocycles. The van der Waals surface area contributed by atoms with Gasteiger partial charge in [-0.2, -0.15) is 0 Å².